The summed E-state index contributed by atoms with van der Waals surface area (Å²) in [6.45, 7) is 4.99. The van der Waals surface area contributed by atoms with Crippen LogP contribution in [0.4, 0.5) is 15.3 Å². The molecule has 0 unspecified atom stereocenters. The largest absolute Gasteiger partial charge is 0.464 e. The first-order valence-electron chi connectivity index (χ1n) is 21.5. The summed E-state index contributed by atoms with van der Waals surface area (Å²) < 4.78 is 16.0. The lowest BCUT2D eigenvalue weighted by Gasteiger charge is -2.29. The number of fused-ring (bicyclic) bond motifs is 4. The monoisotopic (exact) mass is 879 g/mol. The van der Waals surface area contributed by atoms with Gasteiger partial charge in [0.15, 0.2) is 0 Å². The van der Waals surface area contributed by atoms with Crippen molar-refractivity contribution >= 4 is 47.5 Å². The second kappa shape index (κ2) is 19.6. The minimum absolute atomic E-state index is 0.00589. The van der Waals surface area contributed by atoms with E-state index in [0.717, 1.165) is 12.8 Å². The topological polar surface area (TPSA) is 248 Å². The molecule has 20 heteroatoms. The molecule has 1 aromatic carbocycles. The van der Waals surface area contributed by atoms with Gasteiger partial charge in [0, 0.05) is 70.5 Å². The fourth-order valence-corrected chi connectivity index (χ4v) is 8.62. The van der Waals surface area contributed by atoms with Crippen molar-refractivity contribution in [1.29, 1.82) is 0 Å². The second-order valence-corrected chi connectivity index (χ2v) is 16.8. The summed E-state index contributed by atoms with van der Waals surface area (Å²) >= 11 is 0. The van der Waals surface area contributed by atoms with E-state index >= 15 is 0 Å². The quantitative estimate of drug-likeness (QED) is 0.117. The summed E-state index contributed by atoms with van der Waals surface area (Å²) in [4.78, 5) is 106. The van der Waals surface area contributed by atoms with Gasteiger partial charge in [0.2, 0.25) is 11.8 Å². The van der Waals surface area contributed by atoms with Gasteiger partial charge in [-0.25, -0.2) is 24.0 Å². The van der Waals surface area contributed by atoms with Crippen molar-refractivity contribution in [3.8, 4) is 0 Å². The zero-order chi connectivity index (χ0) is 45.6. The molecule has 4 aliphatic heterocycles. The van der Waals surface area contributed by atoms with E-state index in [2.05, 4.69) is 10.6 Å². The molecule has 0 aromatic heterocycles. The number of carbonyl (C=O) groups is 7. The Kier molecular flexibility index (Phi) is 14.4. The molecule has 0 spiro atoms. The Labute approximate surface area is 365 Å². The van der Waals surface area contributed by atoms with E-state index in [1.54, 1.807) is 32.8 Å². The molecule has 7 rings (SSSR count). The fourth-order valence-electron chi connectivity index (χ4n) is 8.62. The number of nitro benzene ring substituents is 1. The summed E-state index contributed by atoms with van der Waals surface area (Å²) in [6, 6.07) is 2.59. The molecule has 2 aliphatic carbocycles. The molecule has 3 N–H and O–H groups in total. The van der Waals surface area contributed by atoms with Gasteiger partial charge in [0.25, 0.3) is 5.69 Å². The SMILES string of the molecule is CCOC(=O)[C@@]12C[C@H]1/C=C\CCCN(C)C(=O)N1C[C@@H](O)C[C@H]1C(=O)N2.CCOC(=O)[C@@]12C[C@H]1/C=C\CCCN(C)C(=O)N1C[C@@H](OC(=O)c3ccc([N+](=O)[O-])cc3)C[C@H]1C(=O)N2. The fraction of sp³-hybridized carbons (Fsp3) is 0.605. The van der Waals surface area contributed by atoms with E-state index in [9.17, 15) is 48.8 Å². The van der Waals surface area contributed by atoms with Crippen molar-refractivity contribution in [2.24, 2.45) is 11.8 Å². The molecule has 6 aliphatic rings. The Morgan fingerprint density at radius 3 is 1.73 bits per heavy atom. The zero-order valence-electron chi connectivity index (χ0n) is 36.1. The Morgan fingerprint density at radius 2 is 1.25 bits per heavy atom. The second-order valence-electron chi connectivity index (χ2n) is 16.8. The number of hydrogen-bond acceptors (Lipinski definition) is 13. The summed E-state index contributed by atoms with van der Waals surface area (Å²) in [7, 11) is 3.34. The highest BCUT2D eigenvalue weighted by Gasteiger charge is 2.63. The Morgan fingerprint density at radius 1 is 0.778 bits per heavy atom. The highest BCUT2D eigenvalue weighted by atomic mass is 16.6. The van der Waals surface area contributed by atoms with Crippen molar-refractivity contribution in [3.05, 3.63) is 64.2 Å². The number of esters is 3. The van der Waals surface area contributed by atoms with E-state index in [0.29, 0.717) is 38.8 Å². The molecule has 0 bridgehead atoms. The predicted molar refractivity (Wildman–Crippen MR) is 223 cm³/mol. The number of urea groups is 2. The molecule has 4 fully saturated rings. The minimum atomic E-state index is -1.17. The number of benzene rings is 1. The molecule has 342 valence electrons. The maximum absolute atomic E-state index is 13.4. The van der Waals surface area contributed by atoms with Gasteiger partial charge in [-0.05, 0) is 64.5 Å². The molecule has 1 aromatic rings. The summed E-state index contributed by atoms with van der Waals surface area (Å²) in [6.07, 6.45) is 10.4. The van der Waals surface area contributed by atoms with Gasteiger partial charge >= 0.3 is 30.0 Å². The lowest BCUT2D eigenvalue weighted by molar-refractivity contribution is -0.384. The van der Waals surface area contributed by atoms with Crippen molar-refractivity contribution in [3.63, 3.8) is 0 Å². The van der Waals surface area contributed by atoms with Crippen molar-refractivity contribution in [2.45, 2.75) is 101 Å². The van der Waals surface area contributed by atoms with E-state index < -0.39 is 70.0 Å². The first-order chi connectivity index (χ1) is 30.0. The Bertz CT molecular complexity index is 2010. The van der Waals surface area contributed by atoms with Crippen LogP contribution in [0.1, 0.15) is 75.6 Å². The summed E-state index contributed by atoms with van der Waals surface area (Å²) in [5, 5.41) is 26.5. The van der Waals surface area contributed by atoms with Crippen LogP contribution in [0.25, 0.3) is 0 Å². The average Bonchev–Trinajstić information content (AvgIpc) is 4.02. The highest BCUT2D eigenvalue weighted by molar-refractivity contribution is 5.96. The van der Waals surface area contributed by atoms with Crippen LogP contribution < -0.4 is 10.6 Å². The number of rotatable bonds is 7. The predicted octanol–water partition coefficient (Wildman–Crippen LogP) is 2.30. The van der Waals surface area contributed by atoms with Crippen LogP contribution in [0.15, 0.2) is 48.6 Å². The highest BCUT2D eigenvalue weighted by Crippen LogP contribution is 2.47. The van der Waals surface area contributed by atoms with E-state index in [1.165, 1.54) is 39.0 Å². The average molecular weight is 880 g/mol. The summed E-state index contributed by atoms with van der Waals surface area (Å²) in [5.41, 5.74) is -2.27. The molecule has 4 heterocycles. The first kappa shape index (κ1) is 46.5. The maximum atomic E-state index is 13.4. The number of amides is 6. The zero-order valence-corrected chi connectivity index (χ0v) is 36.1. The number of hydrogen-bond donors (Lipinski definition) is 3. The number of allylic oxidation sites excluding steroid dienone is 2. The number of aliphatic hydroxyl groups is 1. The Balaban J connectivity index is 0.000000223. The smallest absolute Gasteiger partial charge is 0.338 e. The van der Waals surface area contributed by atoms with Crippen LogP contribution in [0, 0.1) is 22.0 Å². The minimum Gasteiger partial charge on any atom is -0.464 e. The lowest BCUT2D eigenvalue weighted by atomic mass is 10.1. The maximum Gasteiger partial charge on any atom is 0.338 e. The molecular formula is C43H57N7O13. The van der Waals surface area contributed by atoms with Gasteiger partial charge in [-0.1, -0.05) is 24.3 Å². The van der Waals surface area contributed by atoms with Crippen LogP contribution in [-0.4, -0.2) is 160 Å². The van der Waals surface area contributed by atoms with Crippen LogP contribution in [0.2, 0.25) is 0 Å². The van der Waals surface area contributed by atoms with Crippen molar-refractivity contribution in [2.75, 3.05) is 53.5 Å². The van der Waals surface area contributed by atoms with Crippen molar-refractivity contribution in [1.82, 2.24) is 30.2 Å². The molecule has 2 saturated carbocycles. The number of carbonyl (C=O) groups excluding carboxylic acids is 7. The number of aliphatic hydroxyl groups excluding tert-OH is 1. The molecule has 2 saturated heterocycles. The van der Waals surface area contributed by atoms with Crippen LogP contribution in [-0.2, 0) is 33.4 Å². The number of ether oxygens (including phenoxy) is 3. The number of nitrogens with zero attached hydrogens (tertiary/aromatic N) is 5. The normalized spacial score (nSPS) is 31.6. The third-order valence-corrected chi connectivity index (χ3v) is 12.3. The third-order valence-electron chi connectivity index (χ3n) is 12.3. The molecule has 63 heavy (non-hydrogen) atoms. The van der Waals surface area contributed by atoms with Crippen molar-refractivity contribution < 1.29 is 57.8 Å². The van der Waals surface area contributed by atoms with Crippen LogP contribution in [0.5, 0.6) is 0 Å². The number of nitrogens with one attached hydrogen (secondary N) is 2. The van der Waals surface area contributed by atoms with Gasteiger partial charge in [0.05, 0.1) is 36.3 Å². The Hall–Kier alpha value is -6.05. The standard InChI is InChI=1S/C25H30N4O8.C18H27N3O5/c1-3-36-23(32)25-14-17(25)7-5-4-6-12-27(2)24(33)28-15-19(13-20(28)21(30)26-25)37-22(31)16-8-10-18(11-9-16)29(34)35;1-3-26-16(24)18-10-12(18)7-5-4-6-8-20(2)17(25)21-11-13(22)9-14(21)15(23)19-18/h5,7-11,17,19-20H,3-4,6,12-15H2,1-2H3,(H,26,30);5,7,12-14,22H,3-4,6,8-11H2,1-2H3,(H,19,23)/b2*7-5-/t17-,19+,20+,25-;12-,13+,14+,18-/m11/s1. The van der Waals surface area contributed by atoms with E-state index in [1.807, 2.05) is 24.3 Å². The van der Waals surface area contributed by atoms with Crippen LogP contribution >= 0.6 is 0 Å². The number of nitro groups is 1. The molecule has 8 atom stereocenters. The number of non-ortho nitro benzene ring substituents is 1. The molecule has 20 nitrogen and oxygen atoms in total. The molecule has 6 amide bonds. The first-order valence-corrected chi connectivity index (χ1v) is 21.5. The van der Waals surface area contributed by atoms with E-state index in [4.69, 9.17) is 14.2 Å². The van der Waals surface area contributed by atoms with Gasteiger partial charge in [-0.3, -0.25) is 19.7 Å². The molecule has 0 radical (unpaired) electrons. The molecular weight excluding hydrogens is 823 g/mol. The summed E-state index contributed by atoms with van der Waals surface area (Å²) in [5.74, 6) is -2.89. The van der Waals surface area contributed by atoms with Gasteiger partial charge in [-0.2, -0.15) is 0 Å². The van der Waals surface area contributed by atoms with Crippen LogP contribution in [0.3, 0.4) is 0 Å². The third kappa shape index (κ3) is 10.3. The van der Waals surface area contributed by atoms with Gasteiger partial charge in [-0.15, -0.1) is 0 Å². The van der Waals surface area contributed by atoms with Gasteiger partial charge < -0.3 is 49.6 Å². The van der Waals surface area contributed by atoms with E-state index in [-0.39, 0.29) is 74.3 Å². The van der Waals surface area contributed by atoms with Gasteiger partial charge in [0.1, 0.15) is 29.3 Å². The lowest BCUT2D eigenvalue weighted by Crippen LogP contribution is -2.55.